The first-order valence-electron chi connectivity index (χ1n) is 7.50. The smallest absolute Gasteiger partial charge is 0.0430 e. The summed E-state index contributed by atoms with van der Waals surface area (Å²) in [5, 5.41) is 0. The van der Waals surface area contributed by atoms with Gasteiger partial charge in [-0.05, 0) is 42.0 Å². The highest BCUT2D eigenvalue weighted by Crippen LogP contribution is 2.40. The quantitative estimate of drug-likeness (QED) is 0.782. The van der Waals surface area contributed by atoms with E-state index in [1.54, 1.807) is 0 Å². The summed E-state index contributed by atoms with van der Waals surface area (Å²) in [5.41, 5.74) is 17.8. The van der Waals surface area contributed by atoms with Crippen LogP contribution in [0.1, 0.15) is 43.6 Å². The maximum absolute atomic E-state index is 6.46. The number of anilines is 2. The van der Waals surface area contributed by atoms with Crippen molar-refractivity contribution in [2.24, 2.45) is 0 Å². The summed E-state index contributed by atoms with van der Waals surface area (Å²) in [6, 6.07) is 14.4. The fourth-order valence-electron chi connectivity index (χ4n) is 3.31. The molecule has 2 nitrogen and oxygen atoms in total. The molecule has 3 rings (SSSR count). The second-order valence-corrected chi connectivity index (χ2v) is 5.77. The van der Waals surface area contributed by atoms with Gasteiger partial charge in [-0.2, -0.15) is 0 Å². The van der Waals surface area contributed by atoms with Crippen LogP contribution in [0.5, 0.6) is 0 Å². The zero-order valence-corrected chi connectivity index (χ0v) is 11.8. The summed E-state index contributed by atoms with van der Waals surface area (Å²) >= 11 is 0. The molecule has 1 saturated carbocycles. The SMILES string of the molecule is Nc1cc(-c2ccccc2)c(N)c(C2CCCCC2)c1. The Kier molecular flexibility index (Phi) is 3.64. The molecule has 0 radical (unpaired) electrons. The highest BCUT2D eigenvalue weighted by atomic mass is 14.6. The Balaban J connectivity index is 2.06. The molecule has 1 aliphatic carbocycles. The Morgan fingerprint density at radius 2 is 1.55 bits per heavy atom. The highest BCUT2D eigenvalue weighted by Gasteiger charge is 2.20. The van der Waals surface area contributed by atoms with Crippen LogP contribution in [-0.4, -0.2) is 0 Å². The highest BCUT2D eigenvalue weighted by molar-refractivity contribution is 5.82. The van der Waals surface area contributed by atoms with E-state index in [1.165, 1.54) is 37.7 Å². The van der Waals surface area contributed by atoms with Crippen LogP contribution in [0.25, 0.3) is 11.1 Å². The maximum Gasteiger partial charge on any atom is 0.0430 e. The number of rotatable bonds is 2. The van der Waals surface area contributed by atoms with Crippen molar-refractivity contribution in [3.05, 3.63) is 48.0 Å². The molecule has 20 heavy (non-hydrogen) atoms. The van der Waals surface area contributed by atoms with Gasteiger partial charge in [-0.3, -0.25) is 0 Å². The number of nitrogens with two attached hydrogens (primary N) is 2. The van der Waals surface area contributed by atoms with Gasteiger partial charge in [0.25, 0.3) is 0 Å². The minimum atomic E-state index is 0.578. The van der Waals surface area contributed by atoms with Gasteiger partial charge in [-0.25, -0.2) is 0 Å². The predicted molar refractivity (Wildman–Crippen MR) is 86.5 cm³/mol. The summed E-state index contributed by atoms with van der Waals surface area (Å²) in [7, 11) is 0. The third-order valence-electron chi connectivity index (χ3n) is 4.36. The Labute approximate surface area is 120 Å². The summed E-state index contributed by atoms with van der Waals surface area (Å²) in [6.07, 6.45) is 6.44. The largest absolute Gasteiger partial charge is 0.399 e. The van der Waals surface area contributed by atoms with Gasteiger partial charge in [0.15, 0.2) is 0 Å². The molecule has 0 aliphatic heterocycles. The van der Waals surface area contributed by atoms with E-state index in [4.69, 9.17) is 11.5 Å². The van der Waals surface area contributed by atoms with Crippen LogP contribution < -0.4 is 11.5 Å². The van der Waals surface area contributed by atoms with E-state index in [9.17, 15) is 0 Å². The molecule has 1 aliphatic rings. The first-order chi connectivity index (χ1) is 9.75. The monoisotopic (exact) mass is 266 g/mol. The molecule has 2 aromatic rings. The lowest BCUT2D eigenvalue weighted by atomic mass is 9.82. The van der Waals surface area contributed by atoms with Gasteiger partial charge in [-0.15, -0.1) is 0 Å². The molecule has 0 bridgehead atoms. The molecule has 0 amide bonds. The zero-order chi connectivity index (χ0) is 13.9. The van der Waals surface area contributed by atoms with E-state index < -0.39 is 0 Å². The fourth-order valence-corrected chi connectivity index (χ4v) is 3.31. The van der Waals surface area contributed by atoms with Crippen LogP contribution in [-0.2, 0) is 0 Å². The average Bonchev–Trinajstić information content (AvgIpc) is 2.51. The van der Waals surface area contributed by atoms with E-state index in [-0.39, 0.29) is 0 Å². The summed E-state index contributed by atoms with van der Waals surface area (Å²) < 4.78 is 0. The number of hydrogen-bond acceptors (Lipinski definition) is 2. The molecule has 0 aromatic heterocycles. The summed E-state index contributed by atoms with van der Waals surface area (Å²) in [6.45, 7) is 0. The number of benzene rings is 2. The molecule has 0 unspecified atom stereocenters. The van der Waals surface area contributed by atoms with Gasteiger partial charge in [0, 0.05) is 16.9 Å². The van der Waals surface area contributed by atoms with Gasteiger partial charge in [0.2, 0.25) is 0 Å². The lowest BCUT2D eigenvalue weighted by Gasteiger charge is -2.25. The lowest BCUT2D eigenvalue weighted by Crippen LogP contribution is -2.09. The van der Waals surface area contributed by atoms with Crippen molar-refractivity contribution in [1.82, 2.24) is 0 Å². The van der Waals surface area contributed by atoms with E-state index in [1.807, 2.05) is 24.3 Å². The van der Waals surface area contributed by atoms with Crippen LogP contribution in [0, 0.1) is 0 Å². The lowest BCUT2D eigenvalue weighted by molar-refractivity contribution is 0.444. The van der Waals surface area contributed by atoms with Gasteiger partial charge >= 0.3 is 0 Å². The molecule has 4 N–H and O–H groups in total. The zero-order valence-electron chi connectivity index (χ0n) is 11.8. The molecule has 0 heterocycles. The minimum absolute atomic E-state index is 0.578. The average molecular weight is 266 g/mol. The van der Waals surface area contributed by atoms with Crippen molar-refractivity contribution >= 4 is 11.4 Å². The van der Waals surface area contributed by atoms with E-state index in [0.29, 0.717) is 5.92 Å². The second kappa shape index (κ2) is 5.58. The molecule has 2 aromatic carbocycles. The molecular weight excluding hydrogens is 244 g/mol. The topological polar surface area (TPSA) is 52.0 Å². The first-order valence-corrected chi connectivity index (χ1v) is 7.50. The molecule has 0 saturated heterocycles. The standard InChI is InChI=1S/C18H22N2/c19-15-11-16(13-7-3-1-4-8-13)18(20)17(12-15)14-9-5-2-6-10-14/h1,3-4,7-8,11-12,14H,2,5-6,9-10,19-20H2. The first kappa shape index (κ1) is 13.0. The Bertz CT molecular complexity index is 584. The van der Waals surface area contributed by atoms with Crippen LogP contribution in [0.3, 0.4) is 0 Å². The summed E-state index contributed by atoms with van der Waals surface area (Å²) in [4.78, 5) is 0. The molecule has 1 fully saturated rings. The predicted octanol–water partition coefficient (Wildman–Crippen LogP) is 4.57. The van der Waals surface area contributed by atoms with Crippen molar-refractivity contribution < 1.29 is 0 Å². The van der Waals surface area contributed by atoms with Crippen molar-refractivity contribution in [2.45, 2.75) is 38.0 Å². The molecule has 0 spiro atoms. The Morgan fingerprint density at radius 1 is 0.850 bits per heavy atom. The minimum Gasteiger partial charge on any atom is -0.399 e. The van der Waals surface area contributed by atoms with Gasteiger partial charge in [0.05, 0.1) is 0 Å². The van der Waals surface area contributed by atoms with Crippen molar-refractivity contribution in [2.75, 3.05) is 11.5 Å². The van der Waals surface area contributed by atoms with Gasteiger partial charge < -0.3 is 11.5 Å². The molecule has 0 atom stereocenters. The van der Waals surface area contributed by atoms with Crippen molar-refractivity contribution in [3.8, 4) is 11.1 Å². The molecule has 104 valence electrons. The second-order valence-electron chi connectivity index (χ2n) is 5.77. The van der Waals surface area contributed by atoms with Crippen molar-refractivity contribution in [1.29, 1.82) is 0 Å². The third-order valence-corrected chi connectivity index (χ3v) is 4.36. The normalized spacial score (nSPS) is 16.2. The van der Waals surface area contributed by atoms with E-state index >= 15 is 0 Å². The van der Waals surface area contributed by atoms with Crippen LogP contribution in [0.15, 0.2) is 42.5 Å². The maximum atomic E-state index is 6.46. The number of nitrogen functional groups attached to an aromatic ring is 2. The van der Waals surface area contributed by atoms with Crippen LogP contribution in [0.2, 0.25) is 0 Å². The number of hydrogen-bond donors (Lipinski definition) is 2. The fraction of sp³-hybridized carbons (Fsp3) is 0.333. The molecule has 2 heteroatoms. The van der Waals surface area contributed by atoms with E-state index in [0.717, 1.165) is 22.5 Å². The van der Waals surface area contributed by atoms with E-state index in [2.05, 4.69) is 18.2 Å². The molecular formula is C18H22N2. The van der Waals surface area contributed by atoms with Crippen molar-refractivity contribution in [3.63, 3.8) is 0 Å². The van der Waals surface area contributed by atoms with Gasteiger partial charge in [0.1, 0.15) is 0 Å². The third kappa shape index (κ3) is 2.51. The van der Waals surface area contributed by atoms with Gasteiger partial charge in [-0.1, -0.05) is 49.6 Å². The van der Waals surface area contributed by atoms with Crippen LogP contribution >= 0.6 is 0 Å². The summed E-state index contributed by atoms with van der Waals surface area (Å²) in [5.74, 6) is 0.578. The Morgan fingerprint density at radius 3 is 2.25 bits per heavy atom. The Hall–Kier alpha value is -1.96. The van der Waals surface area contributed by atoms with Crippen LogP contribution in [0.4, 0.5) is 11.4 Å².